The van der Waals surface area contributed by atoms with Crippen LogP contribution in [0.15, 0.2) is 42.5 Å². The normalized spacial score (nSPS) is 23.4. The van der Waals surface area contributed by atoms with E-state index in [9.17, 15) is 14.3 Å². The number of amides is 2. The van der Waals surface area contributed by atoms with E-state index in [1.54, 1.807) is 17.0 Å². The number of nitrogens with zero attached hydrogens (tertiary/aromatic N) is 1. The summed E-state index contributed by atoms with van der Waals surface area (Å²) in [5, 5.41) is 14.6. The van der Waals surface area contributed by atoms with E-state index >= 15 is 0 Å². The Kier molecular flexibility index (Phi) is 6.21. The van der Waals surface area contributed by atoms with Crippen LogP contribution in [0.4, 0.5) is 9.18 Å². The predicted octanol–water partition coefficient (Wildman–Crippen LogP) is 4.66. The second-order valence-corrected chi connectivity index (χ2v) is 8.62. The van der Waals surface area contributed by atoms with Crippen molar-refractivity contribution in [1.29, 1.82) is 0 Å². The van der Waals surface area contributed by atoms with Crippen LogP contribution in [0, 0.1) is 5.82 Å². The lowest BCUT2D eigenvalue weighted by atomic mass is 9.84. The number of aliphatic hydroxyl groups is 1. The zero-order chi connectivity index (χ0) is 21.3. The van der Waals surface area contributed by atoms with Gasteiger partial charge in [-0.15, -0.1) is 0 Å². The first kappa shape index (κ1) is 21.4. The highest BCUT2D eigenvalue weighted by Crippen LogP contribution is 2.37. The molecule has 2 atom stereocenters. The second-order valence-electron chi connectivity index (χ2n) is 7.81. The largest absolute Gasteiger partial charge is 0.385 e. The number of urea groups is 1. The highest BCUT2D eigenvalue weighted by Gasteiger charge is 2.38. The number of benzene rings is 2. The summed E-state index contributed by atoms with van der Waals surface area (Å²) in [5.74, 6) is -0.510. The molecule has 0 bridgehead atoms. The molecule has 30 heavy (non-hydrogen) atoms. The maximum atomic E-state index is 13.8. The van der Waals surface area contributed by atoms with Gasteiger partial charge >= 0.3 is 6.03 Å². The number of ether oxygens (including phenoxy) is 1. The first-order valence-electron chi connectivity index (χ1n) is 9.97. The van der Waals surface area contributed by atoms with Crippen molar-refractivity contribution in [2.75, 3.05) is 19.7 Å². The van der Waals surface area contributed by atoms with Crippen molar-refractivity contribution < 1.29 is 19.0 Å². The lowest BCUT2D eigenvalue weighted by molar-refractivity contribution is -0.0171. The summed E-state index contributed by atoms with van der Waals surface area (Å²) in [6.07, 6.45) is 1.01. The zero-order valence-corrected chi connectivity index (χ0v) is 17.8. The average molecular weight is 453 g/mol. The summed E-state index contributed by atoms with van der Waals surface area (Å²) >= 11 is 12.0. The summed E-state index contributed by atoms with van der Waals surface area (Å²) in [6, 6.07) is 11.3. The zero-order valence-electron chi connectivity index (χ0n) is 16.3. The Hall–Kier alpha value is -1.86. The molecule has 0 unspecified atom stereocenters. The fourth-order valence-corrected chi connectivity index (χ4v) is 4.62. The average Bonchev–Trinajstić information content (AvgIpc) is 3.19. The van der Waals surface area contributed by atoms with Crippen molar-refractivity contribution in [2.24, 2.45) is 0 Å². The number of rotatable bonds is 3. The van der Waals surface area contributed by atoms with E-state index in [1.807, 2.05) is 18.2 Å². The van der Waals surface area contributed by atoms with Gasteiger partial charge in [-0.05, 0) is 43.0 Å². The summed E-state index contributed by atoms with van der Waals surface area (Å²) in [4.78, 5) is 14.5. The van der Waals surface area contributed by atoms with Crippen molar-refractivity contribution in [3.8, 4) is 0 Å². The molecule has 2 N–H and O–H groups in total. The third-order valence-corrected chi connectivity index (χ3v) is 6.56. The molecule has 2 amide bonds. The van der Waals surface area contributed by atoms with Gasteiger partial charge in [-0.25, -0.2) is 9.18 Å². The van der Waals surface area contributed by atoms with Crippen molar-refractivity contribution in [3.05, 3.63) is 69.5 Å². The minimum Gasteiger partial charge on any atom is -0.385 e. The monoisotopic (exact) mass is 452 g/mol. The van der Waals surface area contributed by atoms with Gasteiger partial charge < -0.3 is 20.1 Å². The van der Waals surface area contributed by atoms with Crippen LogP contribution in [-0.2, 0) is 10.3 Å². The van der Waals surface area contributed by atoms with Crippen LogP contribution < -0.4 is 5.32 Å². The number of hydrogen-bond acceptors (Lipinski definition) is 3. The Morgan fingerprint density at radius 2 is 1.90 bits per heavy atom. The van der Waals surface area contributed by atoms with Gasteiger partial charge in [0, 0.05) is 30.3 Å². The van der Waals surface area contributed by atoms with Crippen LogP contribution in [0.3, 0.4) is 0 Å². The molecule has 0 aromatic heterocycles. The van der Waals surface area contributed by atoms with Gasteiger partial charge in [0.2, 0.25) is 0 Å². The molecule has 2 fully saturated rings. The second kappa shape index (κ2) is 8.71. The van der Waals surface area contributed by atoms with E-state index in [0.29, 0.717) is 55.1 Å². The standard InChI is InChI=1S/C22H23Cl2FN2O3/c23-16-4-2-1-3-15(16)22(29)8-10-27(11-9-22)21(28)26-19-7-12-30-20(19)14-5-6-17(24)18(25)13-14/h1-6,13,19-20,29H,7-12H2,(H,26,28)/t19-,20+/m1/s1. The minimum absolute atomic E-state index is 0.0525. The number of halogens is 3. The maximum absolute atomic E-state index is 13.8. The Morgan fingerprint density at radius 3 is 2.60 bits per heavy atom. The SMILES string of the molecule is O=C(N[C@@H]1CCO[C@H]1c1ccc(Cl)c(F)c1)N1CCC(O)(c2ccccc2Cl)CC1. The van der Waals surface area contributed by atoms with Gasteiger partial charge in [0.15, 0.2) is 0 Å². The van der Waals surface area contributed by atoms with Crippen LogP contribution in [0.2, 0.25) is 10.0 Å². The van der Waals surface area contributed by atoms with E-state index in [4.69, 9.17) is 27.9 Å². The molecule has 0 saturated carbocycles. The quantitative estimate of drug-likeness (QED) is 0.711. The molecule has 0 radical (unpaired) electrons. The maximum Gasteiger partial charge on any atom is 0.317 e. The Labute approximate surface area is 184 Å². The van der Waals surface area contributed by atoms with Crippen LogP contribution in [0.5, 0.6) is 0 Å². The van der Waals surface area contributed by atoms with E-state index in [1.165, 1.54) is 12.1 Å². The van der Waals surface area contributed by atoms with Crippen LogP contribution in [0.25, 0.3) is 0 Å². The summed E-state index contributed by atoms with van der Waals surface area (Å²) < 4.78 is 19.6. The summed E-state index contributed by atoms with van der Waals surface area (Å²) in [7, 11) is 0. The molecule has 2 aliphatic heterocycles. The van der Waals surface area contributed by atoms with E-state index in [2.05, 4.69) is 5.32 Å². The van der Waals surface area contributed by atoms with Crippen molar-refractivity contribution in [1.82, 2.24) is 10.2 Å². The van der Waals surface area contributed by atoms with Gasteiger partial charge in [0.05, 0.1) is 16.7 Å². The fourth-order valence-electron chi connectivity index (χ4n) is 4.19. The number of carbonyl (C=O) groups excluding carboxylic acids is 1. The van der Waals surface area contributed by atoms with Gasteiger partial charge in [-0.3, -0.25) is 0 Å². The third-order valence-electron chi connectivity index (χ3n) is 5.93. The van der Waals surface area contributed by atoms with Crippen molar-refractivity contribution in [3.63, 3.8) is 0 Å². The summed E-state index contributed by atoms with van der Waals surface area (Å²) in [6.45, 7) is 1.29. The van der Waals surface area contributed by atoms with Gasteiger partial charge in [-0.1, -0.05) is 47.5 Å². The van der Waals surface area contributed by atoms with Crippen LogP contribution >= 0.6 is 23.2 Å². The number of carbonyl (C=O) groups is 1. The van der Waals surface area contributed by atoms with Crippen molar-refractivity contribution in [2.45, 2.75) is 37.0 Å². The molecule has 0 aliphatic carbocycles. The molecule has 8 heteroatoms. The number of likely N-dealkylation sites (tertiary alicyclic amines) is 1. The van der Waals surface area contributed by atoms with E-state index < -0.39 is 17.5 Å². The smallest absolute Gasteiger partial charge is 0.317 e. The van der Waals surface area contributed by atoms with Gasteiger partial charge in [0.1, 0.15) is 11.9 Å². The third kappa shape index (κ3) is 4.28. The fraction of sp³-hybridized carbons (Fsp3) is 0.409. The minimum atomic E-state index is -1.05. The molecular weight excluding hydrogens is 430 g/mol. The molecule has 2 aromatic rings. The Balaban J connectivity index is 1.39. The lowest BCUT2D eigenvalue weighted by Crippen LogP contribution is -2.51. The first-order chi connectivity index (χ1) is 14.4. The number of piperidine rings is 1. The summed E-state index contributed by atoms with van der Waals surface area (Å²) in [5.41, 5.74) is 0.293. The molecule has 4 rings (SSSR count). The van der Waals surface area contributed by atoms with Crippen LogP contribution in [-0.4, -0.2) is 41.8 Å². The molecule has 5 nitrogen and oxygen atoms in total. The van der Waals surface area contributed by atoms with E-state index in [-0.39, 0.29) is 17.1 Å². The van der Waals surface area contributed by atoms with Gasteiger partial charge in [0.25, 0.3) is 0 Å². The topological polar surface area (TPSA) is 61.8 Å². The molecule has 0 spiro atoms. The highest BCUT2D eigenvalue weighted by atomic mass is 35.5. The Bertz CT molecular complexity index is 934. The number of hydrogen-bond donors (Lipinski definition) is 2. The van der Waals surface area contributed by atoms with E-state index in [0.717, 1.165) is 0 Å². The Morgan fingerprint density at radius 1 is 1.17 bits per heavy atom. The molecule has 2 aromatic carbocycles. The van der Waals surface area contributed by atoms with Crippen molar-refractivity contribution >= 4 is 29.2 Å². The molecule has 2 aliphatic rings. The predicted molar refractivity (Wildman–Crippen MR) is 113 cm³/mol. The van der Waals surface area contributed by atoms with Crippen LogP contribution in [0.1, 0.15) is 36.5 Å². The van der Waals surface area contributed by atoms with Gasteiger partial charge in [-0.2, -0.15) is 0 Å². The highest BCUT2D eigenvalue weighted by molar-refractivity contribution is 6.31. The first-order valence-corrected chi connectivity index (χ1v) is 10.7. The molecule has 2 saturated heterocycles. The number of nitrogens with one attached hydrogen (secondary N) is 1. The molecular formula is C22H23Cl2FN2O3. The lowest BCUT2D eigenvalue weighted by Gasteiger charge is -2.39. The molecule has 2 heterocycles. The molecule has 160 valence electrons.